The molecule has 0 unspecified atom stereocenters. The van der Waals surface area contributed by atoms with Crippen molar-refractivity contribution < 1.29 is 4.39 Å². The molecule has 1 saturated carbocycles. The number of nitrogens with one attached hydrogen (secondary N) is 1. The van der Waals surface area contributed by atoms with Crippen LogP contribution in [-0.2, 0) is 12.5 Å². The predicted molar refractivity (Wildman–Crippen MR) is 146 cm³/mol. The molecule has 2 fully saturated rings. The van der Waals surface area contributed by atoms with E-state index in [1.165, 1.54) is 10.6 Å². The summed E-state index contributed by atoms with van der Waals surface area (Å²) in [5.41, 5.74) is 8.95. The van der Waals surface area contributed by atoms with Crippen LogP contribution >= 0.6 is 11.6 Å². The fourth-order valence-corrected chi connectivity index (χ4v) is 6.86. The number of pyridine rings is 1. The van der Waals surface area contributed by atoms with E-state index in [2.05, 4.69) is 15.1 Å². The first-order chi connectivity index (χ1) is 18.4. The summed E-state index contributed by atoms with van der Waals surface area (Å²) in [6.45, 7) is 1.96. The summed E-state index contributed by atoms with van der Waals surface area (Å²) in [6, 6.07) is 12.4. The van der Waals surface area contributed by atoms with Gasteiger partial charge < -0.3 is 15.2 Å². The minimum absolute atomic E-state index is 0.111. The summed E-state index contributed by atoms with van der Waals surface area (Å²) in [7, 11) is 1.71. The summed E-state index contributed by atoms with van der Waals surface area (Å²) in [6.07, 6.45) is 4.36. The van der Waals surface area contributed by atoms with Gasteiger partial charge in [-0.2, -0.15) is 5.10 Å². The fourth-order valence-electron chi connectivity index (χ4n) is 6.54. The van der Waals surface area contributed by atoms with Gasteiger partial charge in [0.2, 0.25) is 0 Å². The van der Waals surface area contributed by atoms with Crippen molar-refractivity contribution in [2.75, 3.05) is 24.5 Å². The number of rotatable bonds is 4. The molecule has 8 nitrogen and oxygen atoms in total. The van der Waals surface area contributed by atoms with E-state index in [9.17, 15) is 9.18 Å². The van der Waals surface area contributed by atoms with E-state index in [4.69, 9.17) is 27.3 Å². The highest BCUT2D eigenvalue weighted by Crippen LogP contribution is 2.63. The standard InChI is InChI=1S/C28H25ClFN7O/c1-36-10-8-15-16(27(36)38)6-7-17(23(15)29)24-25-26(35-34-24)33-22(12-32-25)37-11-9-18-20(13-37)28(18,14-31)19-4-2-3-5-21(19)30/h2-8,10,12,18,20H,9,11,13-14,31H2,1H3,(H,33,34,35)/t18-,20+,28-/m1/s1. The highest BCUT2D eigenvalue weighted by Gasteiger charge is 2.66. The summed E-state index contributed by atoms with van der Waals surface area (Å²) in [4.78, 5) is 24.2. The zero-order valence-corrected chi connectivity index (χ0v) is 21.4. The number of aromatic amines is 1. The number of aryl methyl sites for hydroxylation is 1. The third-order valence-corrected chi connectivity index (χ3v) is 8.98. The second kappa shape index (κ2) is 8.34. The number of anilines is 1. The molecule has 4 heterocycles. The van der Waals surface area contributed by atoms with Crippen LogP contribution in [0.15, 0.2) is 59.7 Å². The molecular weight excluding hydrogens is 505 g/mol. The summed E-state index contributed by atoms with van der Waals surface area (Å²) in [5.74, 6) is 1.18. The molecular formula is C28H25ClFN7O. The molecule has 0 spiro atoms. The Balaban J connectivity index is 1.21. The first-order valence-electron chi connectivity index (χ1n) is 12.6. The van der Waals surface area contributed by atoms with Crippen LogP contribution in [0, 0.1) is 17.7 Å². The second-order valence-electron chi connectivity index (χ2n) is 10.3. The maximum Gasteiger partial charge on any atom is 0.258 e. The largest absolute Gasteiger partial charge is 0.355 e. The van der Waals surface area contributed by atoms with Crippen LogP contribution < -0.4 is 16.2 Å². The third-order valence-electron chi connectivity index (χ3n) is 8.57. The lowest BCUT2D eigenvalue weighted by atomic mass is 9.91. The molecule has 192 valence electrons. The molecule has 2 aromatic carbocycles. The number of fused-ring (bicyclic) bond motifs is 3. The van der Waals surface area contributed by atoms with Gasteiger partial charge in [-0.15, -0.1) is 0 Å². The van der Waals surface area contributed by atoms with Crippen molar-refractivity contribution in [1.82, 2.24) is 24.7 Å². The van der Waals surface area contributed by atoms with Crippen LogP contribution in [0.1, 0.15) is 12.0 Å². The van der Waals surface area contributed by atoms with Gasteiger partial charge >= 0.3 is 0 Å². The maximum atomic E-state index is 14.7. The van der Waals surface area contributed by atoms with E-state index < -0.39 is 0 Å². The van der Waals surface area contributed by atoms with Gasteiger partial charge in [0, 0.05) is 54.6 Å². The number of halogens is 2. The van der Waals surface area contributed by atoms with Crippen molar-refractivity contribution in [3.63, 3.8) is 0 Å². The van der Waals surface area contributed by atoms with E-state index in [0.717, 1.165) is 30.9 Å². The first kappa shape index (κ1) is 23.3. The zero-order valence-electron chi connectivity index (χ0n) is 20.7. The molecule has 3 atom stereocenters. The Morgan fingerprint density at radius 3 is 2.84 bits per heavy atom. The number of nitrogens with zero attached hydrogens (tertiary/aromatic N) is 5. The Kier molecular flexibility index (Phi) is 5.12. The molecule has 0 radical (unpaired) electrons. The van der Waals surface area contributed by atoms with Crippen LogP contribution in [0.25, 0.3) is 33.2 Å². The molecule has 0 amide bonds. The second-order valence-corrected chi connectivity index (χ2v) is 10.7. The molecule has 10 heteroatoms. The molecule has 7 rings (SSSR count). The Morgan fingerprint density at radius 2 is 2.03 bits per heavy atom. The highest BCUT2D eigenvalue weighted by atomic mass is 35.5. The van der Waals surface area contributed by atoms with Crippen LogP contribution in [0.2, 0.25) is 5.02 Å². The molecule has 1 saturated heterocycles. The lowest BCUT2D eigenvalue weighted by Crippen LogP contribution is -2.32. The minimum atomic E-state index is -0.327. The lowest BCUT2D eigenvalue weighted by molar-refractivity contribution is 0.533. The van der Waals surface area contributed by atoms with Gasteiger partial charge in [-0.3, -0.25) is 9.89 Å². The van der Waals surface area contributed by atoms with Crippen molar-refractivity contribution in [3.8, 4) is 11.3 Å². The number of hydrogen-bond acceptors (Lipinski definition) is 6. The number of nitrogens with two attached hydrogens (primary N) is 1. The quantitative estimate of drug-likeness (QED) is 0.364. The van der Waals surface area contributed by atoms with E-state index in [1.54, 1.807) is 37.6 Å². The Hall–Kier alpha value is -3.82. The Labute approximate surface area is 222 Å². The van der Waals surface area contributed by atoms with Crippen molar-refractivity contribution in [2.24, 2.45) is 24.6 Å². The van der Waals surface area contributed by atoms with E-state index in [-0.39, 0.29) is 22.7 Å². The normalized spacial score (nSPS) is 22.7. The van der Waals surface area contributed by atoms with Crippen molar-refractivity contribution in [2.45, 2.75) is 11.8 Å². The van der Waals surface area contributed by atoms with Gasteiger partial charge in [0.25, 0.3) is 5.56 Å². The smallest absolute Gasteiger partial charge is 0.258 e. The third kappa shape index (κ3) is 3.18. The zero-order chi connectivity index (χ0) is 26.2. The number of piperidine rings is 1. The summed E-state index contributed by atoms with van der Waals surface area (Å²) < 4.78 is 16.2. The number of benzene rings is 2. The van der Waals surface area contributed by atoms with Crippen molar-refractivity contribution in [1.29, 1.82) is 0 Å². The Bertz CT molecular complexity index is 1800. The highest BCUT2D eigenvalue weighted by molar-refractivity contribution is 6.38. The molecule has 2 aliphatic rings. The molecule has 38 heavy (non-hydrogen) atoms. The van der Waals surface area contributed by atoms with Gasteiger partial charge in [-0.05, 0) is 42.0 Å². The average molecular weight is 530 g/mol. The topological polar surface area (TPSA) is 106 Å². The van der Waals surface area contributed by atoms with Crippen molar-refractivity contribution >= 4 is 39.4 Å². The van der Waals surface area contributed by atoms with Crippen LogP contribution in [-0.4, -0.2) is 44.4 Å². The number of H-pyrrole nitrogens is 1. The van der Waals surface area contributed by atoms with Gasteiger partial charge in [0.05, 0.1) is 11.2 Å². The van der Waals surface area contributed by atoms with Crippen LogP contribution in [0.3, 0.4) is 0 Å². The van der Waals surface area contributed by atoms with Crippen molar-refractivity contribution in [3.05, 3.63) is 81.6 Å². The summed E-state index contributed by atoms with van der Waals surface area (Å²) >= 11 is 6.74. The molecule has 3 N–H and O–H groups in total. The van der Waals surface area contributed by atoms with E-state index in [0.29, 0.717) is 50.7 Å². The average Bonchev–Trinajstić information content (AvgIpc) is 3.40. The van der Waals surface area contributed by atoms with Gasteiger partial charge in [0.1, 0.15) is 22.8 Å². The monoisotopic (exact) mass is 529 g/mol. The molecule has 5 aromatic rings. The number of aromatic nitrogens is 5. The number of hydrogen-bond donors (Lipinski definition) is 2. The molecule has 1 aliphatic heterocycles. The van der Waals surface area contributed by atoms with Gasteiger partial charge in [0.15, 0.2) is 5.65 Å². The van der Waals surface area contributed by atoms with Gasteiger partial charge in [-0.1, -0.05) is 35.9 Å². The lowest BCUT2D eigenvalue weighted by Gasteiger charge is -2.26. The van der Waals surface area contributed by atoms with Gasteiger partial charge in [-0.25, -0.2) is 14.4 Å². The molecule has 0 bridgehead atoms. The first-order valence-corrected chi connectivity index (χ1v) is 13.0. The van der Waals surface area contributed by atoms with E-state index >= 15 is 0 Å². The minimum Gasteiger partial charge on any atom is -0.355 e. The molecule has 3 aromatic heterocycles. The van der Waals surface area contributed by atoms with Crippen LogP contribution in [0.4, 0.5) is 10.2 Å². The Morgan fingerprint density at radius 1 is 1.18 bits per heavy atom. The molecule has 1 aliphatic carbocycles. The van der Waals surface area contributed by atoms with E-state index in [1.807, 2.05) is 18.2 Å². The SMILES string of the molecule is Cn1ccc2c(Cl)c(-c3n[nH]c4nc(N5CC[C@@H]6[C@H](C5)[C@@]6(CN)c5ccccc5F)cnc34)ccc2c1=O. The predicted octanol–water partition coefficient (Wildman–Crippen LogP) is 4.02. The van der Waals surface area contributed by atoms with Crippen LogP contribution in [0.5, 0.6) is 0 Å². The summed E-state index contributed by atoms with van der Waals surface area (Å²) in [5, 5.41) is 9.13. The fraction of sp³-hybridized carbons (Fsp3) is 0.286. The maximum absolute atomic E-state index is 14.7.